The van der Waals surface area contributed by atoms with Gasteiger partial charge in [0.15, 0.2) is 15.5 Å². The summed E-state index contributed by atoms with van der Waals surface area (Å²) in [4.78, 5) is 12.0. The van der Waals surface area contributed by atoms with Gasteiger partial charge in [0, 0.05) is 22.5 Å². The molecule has 0 bridgehead atoms. The average molecular weight is 352 g/mol. The number of nitrogens with one attached hydrogen (secondary N) is 1. The second-order valence-corrected chi connectivity index (χ2v) is 7.34. The van der Waals surface area contributed by atoms with Gasteiger partial charge in [0.2, 0.25) is 0 Å². The van der Waals surface area contributed by atoms with Gasteiger partial charge in [0.25, 0.3) is 0 Å². The van der Waals surface area contributed by atoms with Crippen LogP contribution in [0.1, 0.15) is 0 Å². The van der Waals surface area contributed by atoms with Gasteiger partial charge in [-0.2, -0.15) is 0 Å². The molecule has 7 heteroatoms. The molecule has 0 aliphatic carbocycles. The van der Waals surface area contributed by atoms with Crippen molar-refractivity contribution in [3.63, 3.8) is 0 Å². The van der Waals surface area contributed by atoms with Gasteiger partial charge in [0.1, 0.15) is 5.82 Å². The summed E-state index contributed by atoms with van der Waals surface area (Å²) in [5.74, 6) is 0.658. The molecule has 0 atom stereocenters. The Balaban J connectivity index is 2.07. The number of imidazole rings is 1. The zero-order chi connectivity index (χ0) is 14.3. The third-order valence-electron chi connectivity index (χ3n) is 2.86. The molecule has 102 valence electrons. The molecule has 0 radical (unpaired) electrons. The number of sulfone groups is 1. The predicted octanol–water partition coefficient (Wildman–Crippen LogP) is 2.79. The molecule has 3 aromatic rings. The topological polar surface area (TPSA) is 75.7 Å². The summed E-state index contributed by atoms with van der Waals surface area (Å²) in [5.41, 5.74) is 2.25. The first kappa shape index (κ1) is 13.3. The first-order chi connectivity index (χ1) is 9.43. The number of H-pyrrole nitrogens is 1. The van der Waals surface area contributed by atoms with Crippen LogP contribution in [0.3, 0.4) is 0 Å². The highest BCUT2D eigenvalue weighted by Crippen LogP contribution is 2.22. The molecule has 2 aromatic heterocycles. The minimum absolute atomic E-state index is 0.290. The average Bonchev–Trinajstić information content (AvgIpc) is 2.80. The fraction of sp³-hybridized carbons (Fsp3) is 0.0769. The summed E-state index contributed by atoms with van der Waals surface area (Å²) in [5, 5.41) is 0. The summed E-state index contributed by atoms with van der Waals surface area (Å²) >= 11 is 3.35. The number of benzene rings is 1. The maximum Gasteiger partial charge on any atom is 0.178 e. The van der Waals surface area contributed by atoms with Crippen molar-refractivity contribution in [1.29, 1.82) is 0 Å². The summed E-state index contributed by atoms with van der Waals surface area (Å²) < 4.78 is 23.7. The summed E-state index contributed by atoms with van der Waals surface area (Å²) in [7, 11) is -3.18. The second kappa shape index (κ2) is 4.68. The molecule has 1 N–H and O–H groups in total. The number of rotatable bonds is 2. The molecule has 0 saturated carbocycles. The first-order valence-corrected chi connectivity index (χ1v) is 8.44. The molecule has 0 saturated heterocycles. The highest BCUT2D eigenvalue weighted by Gasteiger charge is 2.09. The van der Waals surface area contributed by atoms with E-state index in [0.29, 0.717) is 16.4 Å². The molecular weight excluding hydrogens is 342 g/mol. The number of nitrogens with zero attached hydrogens (tertiary/aromatic N) is 2. The third kappa shape index (κ3) is 2.46. The molecule has 3 rings (SSSR count). The quantitative estimate of drug-likeness (QED) is 0.770. The van der Waals surface area contributed by atoms with Crippen molar-refractivity contribution in [3.8, 4) is 11.4 Å². The van der Waals surface area contributed by atoms with E-state index in [9.17, 15) is 8.42 Å². The van der Waals surface area contributed by atoms with E-state index >= 15 is 0 Å². The monoisotopic (exact) mass is 351 g/mol. The van der Waals surface area contributed by atoms with Gasteiger partial charge in [-0.3, -0.25) is 0 Å². The smallest absolute Gasteiger partial charge is 0.178 e. The van der Waals surface area contributed by atoms with Crippen molar-refractivity contribution >= 4 is 36.9 Å². The Morgan fingerprint density at radius 1 is 1.20 bits per heavy atom. The molecule has 1 aromatic carbocycles. The van der Waals surface area contributed by atoms with Crippen LogP contribution < -0.4 is 0 Å². The van der Waals surface area contributed by atoms with Crippen LogP contribution in [0.4, 0.5) is 0 Å². The summed E-state index contributed by atoms with van der Waals surface area (Å²) in [6.45, 7) is 0. The summed E-state index contributed by atoms with van der Waals surface area (Å²) in [6, 6.07) is 8.48. The maximum absolute atomic E-state index is 11.4. The van der Waals surface area contributed by atoms with Gasteiger partial charge < -0.3 is 4.98 Å². The van der Waals surface area contributed by atoms with Crippen molar-refractivity contribution in [2.24, 2.45) is 0 Å². The van der Waals surface area contributed by atoms with Gasteiger partial charge in [-0.15, -0.1) is 0 Å². The number of hydrogen-bond acceptors (Lipinski definition) is 4. The Morgan fingerprint density at radius 2 is 1.90 bits per heavy atom. The normalized spacial score (nSPS) is 11.9. The molecule has 0 fully saturated rings. The lowest BCUT2D eigenvalue weighted by Crippen LogP contribution is -1.96. The SMILES string of the molecule is CS(=O)(=O)c1ccc(-c2nc3ncc(Br)cc3[nH]2)cc1. The van der Waals surface area contributed by atoms with Crippen LogP contribution in [-0.2, 0) is 9.84 Å². The molecule has 0 amide bonds. The number of hydrogen-bond donors (Lipinski definition) is 1. The Hall–Kier alpha value is -1.73. The Labute approximate surface area is 124 Å². The third-order valence-corrected chi connectivity index (χ3v) is 4.42. The molecule has 5 nitrogen and oxygen atoms in total. The van der Waals surface area contributed by atoms with E-state index in [1.54, 1.807) is 30.5 Å². The van der Waals surface area contributed by atoms with E-state index in [-0.39, 0.29) is 0 Å². The van der Waals surface area contributed by atoms with Gasteiger partial charge in [-0.1, -0.05) is 0 Å². The highest BCUT2D eigenvalue weighted by atomic mass is 79.9. The molecule has 0 aliphatic rings. The van der Waals surface area contributed by atoms with E-state index in [0.717, 1.165) is 15.6 Å². The molecule has 20 heavy (non-hydrogen) atoms. The Kier molecular flexibility index (Phi) is 3.10. The first-order valence-electron chi connectivity index (χ1n) is 5.75. The summed E-state index contributed by atoms with van der Waals surface area (Å²) in [6.07, 6.45) is 2.87. The van der Waals surface area contributed by atoms with E-state index < -0.39 is 9.84 Å². The lowest BCUT2D eigenvalue weighted by Gasteiger charge is -1.99. The van der Waals surface area contributed by atoms with Gasteiger partial charge in [-0.05, 0) is 46.3 Å². The lowest BCUT2D eigenvalue weighted by atomic mass is 10.2. The van der Waals surface area contributed by atoms with Gasteiger partial charge in [0.05, 0.1) is 10.4 Å². The van der Waals surface area contributed by atoms with E-state index in [1.807, 2.05) is 6.07 Å². The van der Waals surface area contributed by atoms with E-state index in [1.165, 1.54) is 6.26 Å². The van der Waals surface area contributed by atoms with E-state index in [4.69, 9.17) is 0 Å². The Morgan fingerprint density at radius 3 is 2.55 bits per heavy atom. The van der Waals surface area contributed by atoms with Crippen molar-refractivity contribution in [2.45, 2.75) is 4.90 Å². The molecule has 0 unspecified atom stereocenters. The standard InChI is InChI=1S/C13H10BrN3O2S/c1-20(18,19)10-4-2-8(3-5-10)12-16-11-6-9(14)7-15-13(11)17-12/h2-7H,1H3,(H,15,16,17). The van der Waals surface area contributed by atoms with Crippen LogP contribution in [0.5, 0.6) is 0 Å². The fourth-order valence-corrected chi connectivity index (χ4v) is 2.83. The second-order valence-electron chi connectivity index (χ2n) is 4.41. The van der Waals surface area contributed by atoms with Gasteiger partial charge in [-0.25, -0.2) is 18.4 Å². The van der Waals surface area contributed by atoms with Crippen LogP contribution >= 0.6 is 15.9 Å². The molecule has 2 heterocycles. The minimum Gasteiger partial charge on any atom is -0.337 e. The molecule has 0 spiro atoms. The van der Waals surface area contributed by atoms with Gasteiger partial charge >= 0.3 is 0 Å². The van der Waals surface area contributed by atoms with Crippen LogP contribution in [0.2, 0.25) is 0 Å². The van der Waals surface area contributed by atoms with Crippen LogP contribution in [0.25, 0.3) is 22.6 Å². The zero-order valence-electron chi connectivity index (χ0n) is 10.5. The number of aromatic amines is 1. The number of aromatic nitrogens is 3. The predicted molar refractivity (Wildman–Crippen MR) is 80.1 cm³/mol. The molecular formula is C13H10BrN3O2S. The van der Waals surface area contributed by atoms with Crippen molar-refractivity contribution in [3.05, 3.63) is 41.0 Å². The minimum atomic E-state index is -3.18. The number of halogens is 1. The van der Waals surface area contributed by atoms with Crippen molar-refractivity contribution in [2.75, 3.05) is 6.26 Å². The van der Waals surface area contributed by atoms with Crippen LogP contribution in [0.15, 0.2) is 45.9 Å². The highest BCUT2D eigenvalue weighted by molar-refractivity contribution is 9.10. The number of pyridine rings is 1. The largest absolute Gasteiger partial charge is 0.337 e. The lowest BCUT2D eigenvalue weighted by molar-refractivity contribution is 0.602. The van der Waals surface area contributed by atoms with Crippen LogP contribution in [0, 0.1) is 0 Å². The number of fused-ring (bicyclic) bond motifs is 1. The van der Waals surface area contributed by atoms with Crippen molar-refractivity contribution < 1.29 is 8.42 Å². The fourth-order valence-electron chi connectivity index (χ4n) is 1.87. The maximum atomic E-state index is 11.4. The van der Waals surface area contributed by atoms with Crippen molar-refractivity contribution in [1.82, 2.24) is 15.0 Å². The zero-order valence-corrected chi connectivity index (χ0v) is 12.9. The Bertz CT molecular complexity index is 886. The molecule has 0 aliphatic heterocycles. The van der Waals surface area contributed by atoms with E-state index in [2.05, 4.69) is 30.9 Å². The van der Waals surface area contributed by atoms with Crippen LogP contribution in [-0.4, -0.2) is 29.6 Å².